The highest BCUT2D eigenvalue weighted by molar-refractivity contribution is 5.91. The van der Waals surface area contributed by atoms with Crippen molar-refractivity contribution in [1.82, 2.24) is 0 Å². The number of benzene rings is 2. The van der Waals surface area contributed by atoms with E-state index in [1.165, 1.54) is 0 Å². The molecule has 150 valence electrons. The van der Waals surface area contributed by atoms with Crippen LogP contribution in [0.15, 0.2) is 83.2 Å². The van der Waals surface area contributed by atoms with Gasteiger partial charge in [0.1, 0.15) is 35.1 Å². The largest absolute Gasteiger partial charge is 0.480 e. The van der Waals surface area contributed by atoms with Crippen LogP contribution >= 0.6 is 0 Å². The van der Waals surface area contributed by atoms with Gasteiger partial charge in [-0.15, -0.1) is 0 Å². The van der Waals surface area contributed by atoms with Crippen molar-refractivity contribution in [3.05, 3.63) is 94.3 Å². The Balaban J connectivity index is 1.83. The number of rotatable bonds is 4. The van der Waals surface area contributed by atoms with E-state index in [1.54, 1.807) is 86.7 Å². The number of ether oxygens (including phenoxy) is 2. The molecule has 0 bridgehead atoms. The van der Waals surface area contributed by atoms with E-state index >= 15 is 0 Å². The van der Waals surface area contributed by atoms with Crippen molar-refractivity contribution in [3.8, 4) is 24.0 Å². The average molecular weight is 407 g/mol. The fourth-order valence-electron chi connectivity index (χ4n) is 3.05. The molecule has 0 radical (unpaired) electrons. The average Bonchev–Trinajstić information content (AvgIpc) is 3.04. The van der Waals surface area contributed by atoms with Gasteiger partial charge in [-0.25, -0.2) is 4.79 Å². The molecule has 0 saturated carbocycles. The molecule has 0 spiro atoms. The monoisotopic (exact) mass is 407 g/mol. The SMILES string of the molecule is CC1(C)OC(=C(C#N)C#N)C(C#N)=C1/C=C/c1ccc(OC(=O)c2ccccc2)cc1. The highest BCUT2D eigenvalue weighted by atomic mass is 16.5. The summed E-state index contributed by atoms with van der Waals surface area (Å²) >= 11 is 0. The van der Waals surface area contributed by atoms with Gasteiger partial charge in [0.2, 0.25) is 0 Å². The lowest BCUT2D eigenvalue weighted by molar-refractivity contribution is 0.0734. The molecule has 0 unspecified atom stereocenters. The van der Waals surface area contributed by atoms with E-state index in [4.69, 9.17) is 20.0 Å². The Hall–Kier alpha value is -4.60. The number of hydrogen-bond donors (Lipinski definition) is 0. The van der Waals surface area contributed by atoms with Gasteiger partial charge < -0.3 is 9.47 Å². The maximum absolute atomic E-state index is 12.1. The number of esters is 1. The van der Waals surface area contributed by atoms with Gasteiger partial charge in [0.05, 0.1) is 5.56 Å². The Morgan fingerprint density at radius 3 is 2.19 bits per heavy atom. The number of allylic oxidation sites excluding steroid dienone is 2. The fraction of sp³-hybridized carbons (Fsp3) is 0.120. The lowest BCUT2D eigenvalue weighted by Crippen LogP contribution is -2.20. The summed E-state index contributed by atoms with van der Waals surface area (Å²) in [5.41, 5.74) is 0.876. The Labute approximate surface area is 180 Å². The topological polar surface area (TPSA) is 107 Å². The predicted molar refractivity (Wildman–Crippen MR) is 113 cm³/mol. The summed E-state index contributed by atoms with van der Waals surface area (Å²) in [4.78, 5) is 12.1. The van der Waals surface area contributed by atoms with Gasteiger partial charge in [-0.2, -0.15) is 15.8 Å². The van der Waals surface area contributed by atoms with Crippen molar-refractivity contribution in [3.63, 3.8) is 0 Å². The molecule has 1 aliphatic rings. The van der Waals surface area contributed by atoms with Crippen LogP contribution in [0.1, 0.15) is 29.8 Å². The first-order valence-corrected chi connectivity index (χ1v) is 9.33. The standard InChI is InChI=1S/C25H17N3O3/c1-25(2)22(21(16-28)23(31-25)19(14-26)15-27)13-10-17-8-11-20(12-9-17)30-24(29)18-6-4-3-5-7-18/h3-13H,1-2H3/b13-10+. The van der Waals surface area contributed by atoms with Gasteiger partial charge in [0.15, 0.2) is 11.3 Å². The van der Waals surface area contributed by atoms with Gasteiger partial charge >= 0.3 is 5.97 Å². The van der Waals surface area contributed by atoms with E-state index in [0.29, 0.717) is 16.9 Å². The Morgan fingerprint density at radius 1 is 0.968 bits per heavy atom. The molecule has 0 saturated heterocycles. The van der Waals surface area contributed by atoms with E-state index in [-0.39, 0.29) is 16.9 Å². The van der Waals surface area contributed by atoms with E-state index < -0.39 is 11.6 Å². The van der Waals surface area contributed by atoms with Crippen molar-refractivity contribution >= 4 is 12.0 Å². The molecular weight excluding hydrogens is 390 g/mol. The second-order valence-corrected chi connectivity index (χ2v) is 7.10. The summed E-state index contributed by atoms with van der Waals surface area (Å²) in [6.07, 6.45) is 3.50. The summed E-state index contributed by atoms with van der Waals surface area (Å²) in [5, 5.41) is 27.8. The normalized spacial score (nSPS) is 14.4. The fourth-order valence-corrected chi connectivity index (χ4v) is 3.05. The van der Waals surface area contributed by atoms with Crippen LogP contribution in [0.2, 0.25) is 0 Å². The number of nitrogens with zero attached hydrogens (tertiary/aromatic N) is 3. The maximum atomic E-state index is 12.1. The van der Waals surface area contributed by atoms with E-state index in [0.717, 1.165) is 5.56 Å². The molecule has 2 aromatic rings. The first kappa shape index (κ1) is 21.1. The third-order valence-corrected chi connectivity index (χ3v) is 4.61. The molecule has 0 fully saturated rings. The smallest absolute Gasteiger partial charge is 0.343 e. The number of hydrogen-bond acceptors (Lipinski definition) is 6. The molecule has 6 heteroatoms. The molecule has 1 aliphatic heterocycles. The number of nitriles is 3. The zero-order valence-corrected chi connectivity index (χ0v) is 16.9. The highest BCUT2D eigenvalue weighted by Crippen LogP contribution is 2.40. The molecule has 0 amide bonds. The number of carbonyl (C=O) groups excluding carboxylic acids is 1. The third kappa shape index (κ3) is 4.53. The highest BCUT2D eigenvalue weighted by Gasteiger charge is 2.38. The van der Waals surface area contributed by atoms with Crippen LogP contribution in [0, 0.1) is 34.0 Å². The van der Waals surface area contributed by atoms with Crippen molar-refractivity contribution in [2.75, 3.05) is 0 Å². The van der Waals surface area contributed by atoms with Crippen molar-refractivity contribution in [1.29, 1.82) is 15.8 Å². The minimum absolute atomic E-state index is 0.000298. The van der Waals surface area contributed by atoms with Crippen LogP contribution in [-0.4, -0.2) is 11.6 Å². The third-order valence-electron chi connectivity index (χ3n) is 4.61. The Kier molecular flexibility index (Phi) is 6.01. The molecule has 0 N–H and O–H groups in total. The molecule has 2 aromatic carbocycles. The van der Waals surface area contributed by atoms with Crippen molar-refractivity contribution < 1.29 is 14.3 Å². The molecule has 3 rings (SSSR count). The predicted octanol–water partition coefficient (Wildman–Crippen LogP) is 4.85. The van der Waals surface area contributed by atoms with Crippen molar-refractivity contribution in [2.45, 2.75) is 19.4 Å². The van der Waals surface area contributed by atoms with E-state index in [1.807, 2.05) is 12.1 Å². The lowest BCUT2D eigenvalue weighted by atomic mass is 9.94. The Morgan fingerprint density at radius 2 is 1.61 bits per heavy atom. The van der Waals surface area contributed by atoms with Gasteiger partial charge in [0, 0.05) is 5.57 Å². The second-order valence-electron chi connectivity index (χ2n) is 7.10. The molecule has 0 atom stereocenters. The van der Waals surface area contributed by atoms with Crippen LogP contribution in [0.25, 0.3) is 6.08 Å². The Bertz CT molecular complexity index is 1210. The van der Waals surface area contributed by atoms with Gasteiger partial charge in [0.25, 0.3) is 0 Å². The quantitative estimate of drug-likeness (QED) is 0.407. The maximum Gasteiger partial charge on any atom is 0.343 e. The van der Waals surface area contributed by atoms with Crippen LogP contribution in [0.3, 0.4) is 0 Å². The zero-order chi connectivity index (χ0) is 22.4. The summed E-state index contributed by atoms with van der Waals surface area (Å²) < 4.78 is 11.1. The first-order chi connectivity index (χ1) is 14.9. The van der Waals surface area contributed by atoms with E-state index in [2.05, 4.69) is 0 Å². The summed E-state index contributed by atoms with van der Waals surface area (Å²) in [6, 6.07) is 21.2. The molecule has 0 aromatic heterocycles. The van der Waals surface area contributed by atoms with Gasteiger partial charge in [-0.3, -0.25) is 0 Å². The zero-order valence-electron chi connectivity index (χ0n) is 16.9. The molecule has 1 heterocycles. The van der Waals surface area contributed by atoms with Crippen molar-refractivity contribution in [2.24, 2.45) is 0 Å². The molecule has 0 aliphatic carbocycles. The van der Waals surface area contributed by atoms with Crippen LogP contribution < -0.4 is 4.74 Å². The molecule has 31 heavy (non-hydrogen) atoms. The minimum Gasteiger partial charge on any atom is -0.480 e. The summed E-state index contributed by atoms with van der Waals surface area (Å²) in [6.45, 7) is 3.52. The van der Waals surface area contributed by atoms with E-state index in [9.17, 15) is 10.1 Å². The first-order valence-electron chi connectivity index (χ1n) is 9.33. The minimum atomic E-state index is -0.874. The van der Waals surface area contributed by atoms with Crippen LogP contribution in [-0.2, 0) is 4.74 Å². The summed E-state index contributed by atoms with van der Waals surface area (Å²) in [5.74, 6) is -0.0339. The lowest BCUT2D eigenvalue weighted by Gasteiger charge is -2.20. The van der Waals surface area contributed by atoms with Crippen LogP contribution in [0.4, 0.5) is 0 Å². The van der Waals surface area contributed by atoms with Gasteiger partial charge in [-0.05, 0) is 43.7 Å². The summed E-state index contributed by atoms with van der Waals surface area (Å²) in [7, 11) is 0. The number of carbonyl (C=O) groups is 1. The van der Waals surface area contributed by atoms with Gasteiger partial charge in [-0.1, -0.05) is 42.5 Å². The van der Waals surface area contributed by atoms with Crippen LogP contribution in [0.5, 0.6) is 5.75 Å². The molecule has 6 nitrogen and oxygen atoms in total. The second kappa shape index (κ2) is 8.82. The molecular formula is C25H17N3O3.